The predicted octanol–water partition coefficient (Wildman–Crippen LogP) is 4.67. The second-order valence-corrected chi connectivity index (χ2v) is 6.41. The minimum atomic E-state index is -8.02. The minimum absolute atomic E-state index is 0. The Labute approximate surface area is 135 Å². The van der Waals surface area contributed by atoms with Crippen LogP contribution < -0.4 is 6.15 Å². The number of halogens is 13. The molecule has 0 aromatic rings. The van der Waals surface area contributed by atoms with Gasteiger partial charge in [-0.1, -0.05) is 0 Å². The summed E-state index contributed by atoms with van der Waals surface area (Å²) in [5.41, 5.74) is 0. The summed E-state index contributed by atoms with van der Waals surface area (Å²) in [6.45, 7) is 0. The number of hydrogen-bond donors (Lipinski definition) is 3. The van der Waals surface area contributed by atoms with E-state index in [-0.39, 0.29) is 6.15 Å². The van der Waals surface area contributed by atoms with Crippen LogP contribution in [0, 0.1) is 0 Å². The van der Waals surface area contributed by atoms with E-state index in [1.54, 1.807) is 0 Å². The van der Waals surface area contributed by atoms with Gasteiger partial charge in [0.2, 0.25) is 0 Å². The van der Waals surface area contributed by atoms with Crippen molar-refractivity contribution in [3.05, 3.63) is 0 Å². The largest absolute Gasteiger partial charge is 0.460 e. The Morgan fingerprint density at radius 1 is 0.615 bits per heavy atom. The van der Waals surface area contributed by atoms with Crippen LogP contribution in [0.25, 0.3) is 0 Å². The molecule has 0 aliphatic carbocycles. The SMILES string of the molecule is O=P(O)(O)CCC(F)(F)C(F)(F)C(F)(F)C(F)(F)C(F)(F)C(F)(F)F.[NH4+]. The molecule has 0 spiro atoms. The fourth-order valence-corrected chi connectivity index (χ4v) is 1.82. The fourth-order valence-electron chi connectivity index (χ4n) is 1.25. The molecule has 0 aliphatic heterocycles. The van der Waals surface area contributed by atoms with E-state index in [4.69, 9.17) is 9.79 Å². The maximum atomic E-state index is 13.0. The van der Waals surface area contributed by atoms with Gasteiger partial charge in [-0.2, -0.15) is 57.1 Å². The van der Waals surface area contributed by atoms with E-state index in [1.807, 2.05) is 0 Å². The summed E-state index contributed by atoms with van der Waals surface area (Å²) in [5.74, 6) is -37.8. The van der Waals surface area contributed by atoms with Crippen molar-refractivity contribution in [2.75, 3.05) is 6.16 Å². The zero-order chi connectivity index (χ0) is 20.9. The Morgan fingerprint density at radius 2 is 0.923 bits per heavy atom. The van der Waals surface area contributed by atoms with Crippen molar-refractivity contribution in [2.45, 2.75) is 42.2 Å². The molecule has 6 N–H and O–H groups in total. The lowest BCUT2D eigenvalue weighted by atomic mass is 9.93. The summed E-state index contributed by atoms with van der Waals surface area (Å²) >= 11 is 0. The molecule has 0 unspecified atom stereocenters. The van der Waals surface area contributed by atoms with Crippen LogP contribution >= 0.6 is 7.60 Å². The van der Waals surface area contributed by atoms with Crippen LogP contribution in [0.4, 0.5) is 57.1 Å². The van der Waals surface area contributed by atoms with Gasteiger partial charge in [0.1, 0.15) is 0 Å². The maximum Gasteiger partial charge on any atom is 0.460 e. The molecule has 0 saturated carbocycles. The summed E-state index contributed by atoms with van der Waals surface area (Å²) in [6, 6.07) is 0. The molecule has 0 aromatic carbocycles. The first kappa shape index (κ1) is 27.4. The first-order valence-corrected chi connectivity index (χ1v) is 7.26. The van der Waals surface area contributed by atoms with Gasteiger partial charge in [0.15, 0.2) is 0 Å². The van der Waals surface area contributed by atoms with Crippen LogP contribution in [-0.2, 0) is 4.57 Å². The Balaban J connectivity index is 0. The lowest BCUT2D eigenvalue weighted by molar-refractivity contribution is -0.439. The van der Waals surface area contributed by atoms with Gasteiger partial charge < -0.3 is 15.9 Å². The third-order valence-electron chi connectivity index (χ3n) is 2.72. The number of hydrogen-bond acceptors (Lipinski definition) is 1. The van der Waals surface area contributed by atoms with E-state index in [0.717, 1.165) is 0 Å². The van der Waals surface area contributed by atoms with E-state index in [0.29, 0.717) is 0 Å². The predicted molar refractivity (Wildman–Crippen MR) is 58.3 cm³/mol. The summed E-state index contributed by atoms with van der Waals surface area (Å²) in [7, 11) is -5.56. The molecule has 0 aliphatic rings. The van der Waals surface area contributed by atoms with Crippen molar-refractivity contribution >= 4 is 7.60 Å². The van der Waals surface area contributed by atoms with Crippen LogP contribution in [0.5, 0.6) is 0 Å². The highest BCUT2D eigenvalue weighted by molar-refractivity contribution is 7.51. The molecule has 0 radical (unpaired) electrons. The molecule has 0 saturated heterocycles. The maximum absolute atomic E-state index is 13.0. The highest BCUT2D eigenvalue weighted by Crippen LogP contribution is 2.61. The normalized spacial score (nSPS) is 15.7. The molecule has 160 valence electrons. The first-order valence-electron chi connectivity index (χ1n) is 5.46. The monoisotopic (exact) mass is 446 g/mol. The summed E-state index contributed by atoms with van der Waals surface area (Å²) in [5, 5.41) is 0. The Kier molecular flexibility index (Phi) is 7.36. The molecule has 4 nitrogen and oxygen atoms in total. The highest BCUT2D eigenvalue weighted by Gasteiger charge is 2.90. The quantitative estimate of drug-likeness (QED) is 0.392. The van der Waals surface area contributed by atoms with Crippen molar-refractivity contribution in [3.63, 3.8) is 0 Å². The lowest BCUT2D eigenvalue weighted by Crippen LogP contribution is -2.70. The van der Waals surface area contributed by atoms with Gasteiger partial charge in [-0.25, -0.2) is 0 Å². The molecule has 0 atom stereocenters. The van der Waals surface area contributed by atoms with Gasteiger partial charge >= 0.3 is 43.4 Å². The van der Waals surface area contributed by atoms with Gasteiger partial charge in [-0.15, -0.1) is 0 Å². The van der Waals surface area contributed by atoms with Gasteiger partial charge in [-0.05, 0) is 0 Å². The van der Waals surface area contributed by atoms with E-state index in [1.165, 1.54) is 0 Å². The molecular weight excluding hydrogens is 436 g/mol. The molecule has 0 rings (SSSR count). The van der Waals surface area contributed by atoms with Crippen LogP contribution in [0.15, 0.2) is 0 Å². The lowest BCUT2D eigenvalue weighted by Gasteiger charge is -2.39. The van der Waals surface area contributed by atoms with Crippen LogP contribution in [0.1, 0.15) is 6.42 Å². The van der Waals surface area contributed by atoms with Crippen LogP contribution in [-0.4, -0.2) is 51.7 Å². The van der Waals surface area contributed by atoms with Gasteiger partial charge in [0.05, 0.1) is 6.16 Å². The van der Waals surface area contributed by atoms with Crippen LogP contribution in [0.2, 0.25) is 0 Å². The standard InChI is InChI=1S/C8H6F13O3P.H3N/c9-3(10,1-2-25(22,23)24)4(11,12)5(13,14)6(15,16)7(17,18)8(19,20)21;/h1-2H2,(H2,22,23,24);1H3/p+1. The average molecular weight is 446 g/mol. The molecule has 26 heavy (non-hydrogen) atoms. The molecule has 0 heterocycles. The van der Waals surface area contributed by atoms with Gasteiger partial charge in [-0.3, -0.25) is 4.57 Å². The second kappa shape index (κ2) is 6.98. The zero-order valence-corrected chi connectivity index (χ0v) is 13.0. The Bertz CT molecular complexity index is 540. The number of alkyl halides is 13. The Hall–Kier alpha value is -0.800. The van der Waals surface area contributed by atoms with Gasteiger partial charge in [0, 0.05) is 6.42 Å². The van der Waals surface area contributed by atoms with Crippen molar-refractivity contribution in [2.24, 2.45) is 0 Å². The third-order valence-corrected chi connectivity index (χ3v) is 3.52. The van der Waals surface area contributed by atoms with E-state index in [9.17, 15) is 61.6 Å². The number of rotatable bonds is 7. The smallest absolute Gasteiger partial charge is 0.369 e. The van der Waals surface area contributed by atoms with Gasteiger partial charge in [0.25, 0.3) is 0 Å². The minimum Gasteiger partial charge on any atom is -0.369 e. The molecule has 0 amide bonds. The van der Waals surface area contributed by atoms with Crippen molar-refractivity contribution in [1.82, 2.24) is 6.15 Å². The van der Waals surface area contributed by atoms with Crippen molar-refractivity contribution < 1.29 is 71.4 Å². The second-order valence-electron chi connectivity index (χ2n) is 4.64. The molecule has 0 bridgehead atoms. The van der Waals surface area contributed by atoms with Crippen molar-refractivity contribution in [3.8, 4) is 0 Å². The first-order chi connectivity index (χ1) is 10.5. The molecule has 0 aromatic heterocycles. The summed E-state index contributed by atoms with van der Waals surface area (Å²) in [6.07, 6.45) is -12.7. The van der Waals surface area contributed by atoms with E-state index >= 15 is 0 Å². The fraction of sp³-hybridized carbons (Fsp3) is 1.00. The Morgan fingerprint density at radius 3 is 1.19 bits per heavy atom. The van der Waals surface area contributed by atoms with Crippen LogP contribution in [0.3, 0.4) is 0 Å². The third kappa shape index (κ3) is 4.36. The van der Waals surface area contributed by atoms with Crippen molar-refractivity contribution in [1.29, 1.82) is 0 Å². The number of quaternary nitrogens is 1. The summed E-state index contributed by atoms with van der Waals surface area (Å²) < 4.78 is 174. The average Bonchev–Trinajstić information content (AvgIpc) is 2.33. The highest BCUT2D eigenvalue weighted by atomic mass is 31.2. The molecular formula is C8H10F13NO3P+. The van der Waals surface area contributed by atoms with E-state index in [2.05, 4.69) is 0 Å². The summed E-state index contributed by atoms with van der Waals surface area (Å²) in [4.78, 5) is 16.3. The molecule has 18 heteroatoms. The zero-order valence-electron chi connectivity index (χ0n) is 12.1. The molecule has 0 fully saturated rings. The topological polar surface area (TPSA) is 94.0 Å². The van der Waals surface area contributed by atoms with E-state index < -0.39 is 56.0 Å².